The lowest BCUT2D eigenvalue weighted by atomic mass is 9.86. The molecule has 0 N–H and O–H groups in total. The van der Waals surface area contributed by atoms with Gasteiger partial charge in [-0.2, -0.15) is 58.3 Å². The zero-order valence-electron chi connectivity index (χ0n) is 82.9. The van der Waals surface area contributed by atoms with E-state index in [1.165, 1.54) is 46.1 Å². The van der Waals surface area contributed by atoms with Crippen molar-refractivity contribution in [2.24, 2.45) is 14.1 Å². The minimum atomic E-state index is -0.941. The Balaban J connectivity index is 0.000000107. The van der Waals surface area contributed by atoms with Gasteiger partial charge in [0, 0.05) is 151 Å². The second-order valence-electron chi connectivity index (χ2n) is 39.9. The first kappa shape index (κ1) is 104. The summed E-state index contributed by atoms with van der Waals surface area (Å²) >= 11 is 44.5. The zero-order valence-corrected chi connectivity index (χ0v) is 90.7. The van der Waals surface area contributed by atoms with E-state index in [4.69, 9.17) is 74.3 Å². The maximum absolute atomic E-state index is 15.1. The minimum absolute atomic E-state index is 0.162. The molecule has 0 aliphatic carbocycles. The Hall–Kier alpha value is -9.88. The Bertz CT molecular complexity index is 6880. The summed E-state index contributed by atoms with van der Waals surface area (Å²) in [5, 5.41) is 48.4. The van der Waals surface area contributed by atoms with Gasteiger partial charge in [0.2, 0.25) is 0 Å². The van der Waals surface area contributed by atoms with Crippen LogP contribution in [0.3, 0.4) is 0 Å². The number of hydrogen-bond acceptors (Lipinski definition) is 23. The molecule has 147 heavy (non-hydrogen) atoms. The topological polar surface area (TPSA) is 223 Å². The van der Waals surface area contributed by atoms with Crippen LogP contribution in [0.4, 0.5) is 26.3 Å². The molecule has 19 heterocycles. The molecule has 12 aromatic heterocycles. The van der Waals surface area contributed by atoms with Crippen LogP contribution in [0.1, 0.15) is 130 Å². The average Bonchev–Trinajstić information content (AvgIpc) is 1.71. The maximum Gasteiger partial charge on any atom is 0.138 e. The molecule has 0 radical (unpaired) electrons. The van der Waals surface area contributed by atoms with Gasteiger partial charge in [0.25, 0.3) is 0 Å². The maximum atomic E-state index is 15.1. The van der Waals surface area contributed by atoms with E-state index in [2.05, 4.69) is 63.2 Å². The fourth-order valence-corrected chi connectivity index (χ4v) is 25.9. The van der Waals surface area contributed by atoms with Crippen LogP contribution in [0, 0.1) is 27.7 Å². The first-order valence-electron chi connectivity index (χ1n) is 49.1. The molecule has 0 unspecified atom stereocenters. The molecule has 7 aliphatic heterocycles. The molecule has 0 bridgehead atoms. The highest BCUT2D eigenvalue weighted by Crippen LogP contribution is 2.46. The quantitative estimate of drug-likeness (QED) is 0.0979. The first-order valence-corrected chi connectivity index (χ1v) is 54.4. The Morgan fingerprint density at radius 2 is 0.490 bits per heavy atom. The van der Waals surface area contributed by atoms with Gasteiger partial charge in [0.05, 0.1) is 137 Å². The molecule has 0 amide bonds. The number of hydrogen-bond donors (Lipinski definition) is 0. The molecule has 0 saturated carbocycles. The summed E-state index contributed by atoms with van der Waals surface area (Å²) in [5.74, 6) is -1.02. The second kappa shape index (κ2) is 44.6. The Kier molecular flexibility index (Phi) is 31.6. The Labute approximate surface area is 893 Å². The molecule has 12 atom stereocenters. The molecule has 43 heteroatoms. The van der Waals surface area contributed by atoms with Gasteiger partial charge >= 0.3 is 0 Å². The number of ether oxygens (including phenoxy) is 1. The molecule has 6 aromatic carbocycles. The summed E-state index contributed by atoms with van der Waals surface area (Å²) in [4.78, 5) is 12.3. The van der Waals surface area contributed by atoms with Crippen molar-refractivity contribution in [3.05, 3.63) is 245 Å². The number of halogens is 12. The Morgan fingerprint density at radius 3 is 0.680 bits per heavy atom. The fraction of sp³-hybridized carbons (Fsp3) is 0.423. The lowest BCUT2D eigenvalue weighted by Crippen LogP contribution is -2.54. The molecule has 7 saturated heterocycles. The Morgan fingerprint density at radius 1 is 0.272 bits per heavy atom. The van der Waals surface area contributed by atoms with Crippen LogP contribution in [-0.2, 0) is 18.8 Å². The van der Waals surface area contributed by atoms with E-state index in [0.29, 0.717) is 88.7 Å². The zero-order chi connectivity index (χ0) is 103. The summed E-state index contributed by atoms with van der Waals surface area (Å²) in [6.45, 7) is 17.2. The number of likely N-dealkylation sites (tertiary alicyclic amines) is 6. The molecular weight excluding hydrogens is 2080 g/mol. The summed E-state index contributed by atoms with van der Waals surface area (Å²) in [5.41, 5.74) is 16.5. The predicted molar refractivity (Wildman–Crippen MR) is 579 cm³/mol. The number of nitrogens with zero attached hydrogens (tertiary/aromatic N) is 26. The highest BCUT2D eigenvalue weighted by Gasteiger charge is 2.40. The van der Waals surface area contributed by atoms with E-state index in [1.807, 2.05) is 239 Å². The van der Waals surface area contributed by atoms with Crippen LogP contribution in [0.2, 0.25) is 30.1 Å². The van der Waals surface area contributed by atoms with Gasteiger partial charge in [0.15, 0.2) is 0 Å². The van der Waals surface area contributed by atoms with Crippen LogP contribution in [0.15, 0.2) is 159 Å². The SMILES string of the molecule is CN1CC[C@H](c2cc3c(cnn3-c3cnn(C)c3)cc2Cl)[C@@H](F)C1.Cc1cc(-n2ncc3cc(Cl)c([C@@H]4CCN(C)C[C@@H]4F)cc32)sn1.Cc1cc(-n2ncc3cc(Cl)c([C@@H]4CCN(C)C[C@H]4F)cc32)sn1.Cc1cc(-n2ncc3cc(Cl)c([C@H]4CCN(C)C[C@@H]4F)cc32)sn1.Cc1cc(-n2ncc3cc(Cl)c([C@H]4CCN(C)C[C@H]4F)cc32)sn1.Cn1cc(-n2ncc3cc(Cl)c([C@H]4CCN(C5COC5)C[C@H]4F)cc32)cn1. The van der Waals surface area contributed by atoms with Crippen LogP contribution in [-0.4, -0.2) is 295 Å². The summed E-state index contributed by atoms with van der Waals surface area (Å²) in [6, 6.07) is 31.7. The minimum Gasteiger partial charge on any atom is -0.378 e. The molecule has 0 spiro atoms. The third-order valence-corrected chi connectivity index (χ3v) is 34.5. The van der Waals surface area contributed by atoms with Crippen molar-refractivity contribution in [1.29, 1.82) is 0 Å². The van der Waals surface area contributed by atoms with Crippen LogP contribution >= 0.6 is 116 Å². The molecule has 7 fully saturated rings. The van der Waals surface area contributed by atoms with E-state index < -0.39 is 37.0 Å². The number of piperidine rings is 6. The number of aryl methyl sites for hydroxylation is 6. The van der Waals surface area contributed by atoms with Gasteiger partial charge in [-0.15, -0.1) is 0 Å². The standard InChI is InChI=1S/C19H21ClFN5O.C17H19ClFN5.4C17H18ClFN4S/c1-24-8-13(7-22-24)26-19-5-16(17(20)4-12(19)6-23-26)15-2-3-25(9-18(15)21)14-10-27-11-14;1-22-4-3-13(16(19)10-22)14-6-17-11(5-15(14)18)7-21-24(17)12-8-20-23(2)9-12;4*1-10-5-17(24-21-10)23-16-7-13(14(18)6-11(16)8-20-23)12-3-4-22(2)9-15(12)19/h4-8,14-15,18H,2-3,9-11H2,1H3;5-9,13,16H,3-4,10H2,1-2H3;4*5-8,12,15H,3-4,9H2,1-2H3/t15-,18-;13-,16+;2*12-,15+;2*12-,15-/m111010/s1. The molecule has 7 aliphatic rings. The smallest absolute Gasteiger partial charge is 0.138 e. The second-order valence-corrected chi connectivity index (χ2v) is 45.4. The van der Waals surface area contributed by atoms with Crippen molar-refractivity contribution in [3.63, 3.8) is 0 Å². The van der Waals surface area contributed by atoms with Crippen molar-refractivity contribution >= 4 is 181 Å². The number of fused-ring (bicyclic) bond motifs is 6. The van der Waals surface area contributed by atoms with Gasteiger partial charge in [0.1, 0.15) is 68.4 Å². The normalized spacial score (nSPS) is 22.7. The lowest BCUT2D eigenvalue weighted by Gasteiger charge is -2.43. The van der Waals surface area contributed by atoms with Gasteiger partial charge in [-0.1, -0.05) is 69.6 Å². The number of alkyl halides is 6. The number of benzene rings is 6. The van der Waals surface area contributed by atoms with Gasteiger partial charge in [-0.3, -0.25) is 14.3 Å². The predicted octanol–water partition coefficient (Wildman–Crippen LogP) is 22.9. The van der Waals surface area contributed by atoms with E-state index in [0.717, 1.165) is 231 Å². The highest BCUT2D eigenvalue weighted by molar-refractivity contribution is 7.09. The van der Waals surface area contributed by atoms with Crippen molar-refractivity contribution in [2.75, 3.05) is 127 Å². The molecule has 25 rings (SSSR count). The van der Waals surface area contributed by atoms with E-state index in [1.54, 1.807) is 58.9 Å². The van der Waals surface area contributed by atoms with Crippen LogP contribution in [0.5, 0.6) is 0 Å². The first-order chi connectivity index (χ1) is 70.7. The van der Waals surface area contributed by atoms with Crippen molar-refractivity contribution in [1.82, 2.24) is 125 Å². The van der Waals surface area contributed by atoms with Gasteiger partial charge in [-0.25, -0.2) is 54.4 Å². The summed E-state index contributed by atoms with van der Waals surface area (Å²) in [7, 11) is 13.5. The highest BCUT2D eigenvalue weighted by atomic mass is 35.5. The van der Waals surface area contributed by atoms with Crippen molar-refractivity contribution < 1.29 is 31.1 Å². The van der Waals surface area contributed by atoms with Gasteiger partial charge < -0.3 is 29.2 Å². The largest absolute Gasteiger partial charge is 0.378 e. The van der Waals surface area contributed by atoms with Crippen molar-refractivity contribution in [3.8, 4) is 31.4 Å². The molecule has 18 aromatic rings. The third kappa shape index (κ3) is 22.5. The van der Waals surface area contributed by atoms with Crippen LogP contribution < -0.4 is 0 Å². The van der Waals surface area contributed by atoms with E-state index in [9.17, 15) is 22.0 Å². The summed E-state index contributed by atoms with van der Waals surface area (Å²) in [6.07, 6.45) is 17.2. The molecule has 27 nitrogen and oxygen atoms in total. The van der Waals surface area contributed by atoms with Crippen LogP contribution in [0.25, 0.3) is 96.8 Å². The van der Waals surface area contributed by atoms with E-state index in [-0.39, 0.29) is 35.5 Å². The number of rotatable bonds is 13. The lowest BCUT2D eigenvalue weighted by molar-refractivity contribution is -0.0806. The third-order valence-electron chi connectivity index (χ3n) is 29.1. The molecular formula is C104H112Cl6F6N26OS4. The number of aromatic nitrogens is 20. The molecule has 772 valence electrons. The summed E-state index contributed by atoms with van der Waals surface area (Å²) < 4.78 is 125. The average molecular weight is 2200 g/mol. The van der Waals surface area contributed by atoms with Gasteiger partial charge in [-0.05, 0) is 317 Å². The monoisotopic (exact) mass is 2190 g/mol. The van der Waals surface area contributed by atoms with Crippen molar-refractivity contribution in [2.45, 2.75) is 145 Å². The van der Waals surface area contributed by atoms with E-state index >= 15 is 4.39 Å². The fourth-order valence-electron chi connectivity index (χ4n) is 21.1.